The number of aromatic carboxylic acids is 1. The Morgan fingerprint density at radius 1 is 1.25 bits per heavy atom. The highest BCUT2D eigenvalue weighted by atomic mass is 32.1. The fraction of sp³-hybridized carbons (Fsp3) is 0.143. The monoisotopic (exact) mass is 289 g/mol. The molecule has 1 aromatic carbocycles. The van der Waals surface area contributed by atoms with Gasteiger partial charge in [-0.15, -0.1) is 11.3 Å². The van der Waals surface area contributed by atoms with Crippen molar-refractivity contribution in [3.63, 3.8) is 0 Å². The number of fused-ring (bicyclic) bond motifs is 2. The number of benzene rings is 1. The smallest absolute Gasteiger partial charge is 0.337 e. The molecule has 2 aromatic heterocycles. The molecule has 0 bridgehead atoms. The maximum atomic E-state index is 11.4. The maximum Gasteiger partial charge on any atom is 0.337 e. The molecule has 0 radical (unpaired) electrons. The Kier molecular flexibility index (Phi) is 2.94. The van der Waals surface area contributed by atoms with Crippen LogP contribution in [0, 0.1) is 0 Å². The van der Waals surface area contributed by atoms with Gasteiger partial charge in [0.2, 0.25) is 0 Å². The maximum absolute atomic E-state index is 11.4. The van der Waals surface area contributed by atoms with Gasteiger partial charge in [-0.1, -0.05) is 0 Å². The summed E-state index contributed by atoms with van der Waals surface area (Å²) in [5.41, 5.74) is 0.214. The summed E-state index contributed by atoms with van der Waals surface area (Å²) >= 11 is 1.33. The van der Waals surface area contributed by atoms with Gasteiger partial charge in [-0.3, -0.25) is 4.98 Å². The molecule has 102 valence electrons. The molecule has 5 nitrogen and oxygen atoms in total. The molecule has 3 rings (SSSR count). The first-order valence-corrected chi connectivity index (χ1v) is 6.69. The number of nitrogens with zero attached hydrogens (tertiary/aromatic N) is 1. The Hall–Kier alpha value is -2.34. The lowest BCUT2D eigenvalue weighted by atomic mass is 10.1. The zero-order valence-electron chi connectivity index (χ0n) is 10.8. The van der Waals surface area contributed by atoms with Crippen LogP contribution in [0.5, 0.6) is 11.5 Å². The quantitative estimate of drug-likeness (QED) is 0.802. The highest BCUT2D eigenvalue weighted by molar-refractivity contribution is 7.18. The van der Waals surface area contributed by atoms with Crippen LogP contribution in [0.15, 0.2) is 23.8 Å². The first-order valence-electron chi connectivity index (χ1n) is 5.81. The van der Waals surface area contributed by atoms with Crippen molar-refractivity contribution >= 4 is 38.2 Å². The number of carboxylic acids is 1. The van der Waals surface area contributed by atoms with E-state index in [1.807, 2.05) is 6.07 Å². The fourth-order valence-electron chi connectivity index (χ4n) is 2.35. The SMILES string of the molecule is COc1c2ccncc2c(OC)c2c(C(=O)O)csc12. The minimum absolute atomic E-state index is 0.214. The molecule has 0 spiro atoms. The summed E-state index contributed by atoms with van der Waals surface area (Å²) in [6.45, 7) is 0. The van der Waals surface area contributed by atoms with E-state index in [4.69, 9.17) is 9.47 Å². The van der Waals surface area contributed by atoms with Crippen molar-refractivity contribution in [2.45, 2.75) is 0 Å². The molecule has 0 aliphatic heterocycles. The number of carbonyl (C=O) groups is 1. The lowest BCUT2D eigenvalue weighted by Gasteiger charge is -2.12. The van der Waals surface area contributed by atoms with Crippen LogP contribution in [0.1, 0.15) is 10.4 Å². The zero-order valence-corrected chi connectivity index (χ0v) is 11.7. The molecule has 0 saturated heterocycles. The number of carboxylic acid groups (broad SMARTS) is 1. The number of ether oxygens (including phenoxy) is 2. The third-order valence-corrected chi connectivity index (χ3v) is 4.15. The van der Waals surface area contributed by atoms with Crippen LogP contribution < -0.4 is 9.47 Å². The number of rotatable bonds is 3. The number of pyridine rings is 1. The molecule has 0 saturated carbocycles. The van der Waals surface area contributed by atoms with Gasteiger partial charge in [-0.05, 0) is 6.07 Å². The van der Waals surface area contributed by atoms with Gasteiger partial charge in [0, 0.05) is 28.5 Å². The van der Waals surface area contributed by atoms with Crippen molar-refractivity contribution in [1.82, 2.24) is 4.98 Å². The molecule has 20 heavy (non-hydrogen) atoms. The molecule has 0 aliphatic carbocycles. The van der Waals surface area contributed by atoms with Crippen molar-refractivity contribution in [2.75, 3.05) is 14.2 Å². The average molecular weight is 289 g/mol. The Bertz CT molecular complexity index is 825. The number of hydrogen-bond donors (Lipinski definition) is 1. The zero-order chi connectivity index (χ0) is 14.3. The molecular formula is C14H11NO4S. The number of thiophene rings is 1. The summed E-state index contributed by atoms with van der Waals surface area (Å²) in [6, 6.07) is 1.83. The van der Waals surface area contributed by atoms with E-state index in [-0.39, 0.29) is 5.56 Å². The van der Waals surface area contributed by atoms with Crippen LogP contribution in [-0.4, -0.2) is 30.3 Å². The number of hydrogen-bond acceptors (Lipinski definition) is 5. The van der Waals surface area contributed by atoms with Crippen LogP contribution in [0.4, 0.5) is 0 Å². The van der Waals surface area contributed by atoms with Crippen LogP contribution in [0.25, 0.3) is 20.9 Å². The summed E-state index contributed by atoms with van der Waals surface area (Å²) in [7, 11) is 3.10. The van der Waals surface area contributed by atoms with Gasteiger partial charge in [0.05, 0.1) is 29.9 Å². The molecule has 6 heteroatoms. The topological polar surface area (TPSA) is 68.7 Å². The van der Waals surface area contributed by atoms with E-state index in [2.05, 4.69) is 4.98 Å². The fourth-order valence-corrected chi connectivity index (χ4v) is 3.43. The van der Waals surface area contributed by atoms with E-state index < -0.39 is 5.97 Å². The number of aromatic nitrogens is 1. The summed E-state index contributed by atoms with van der Waals surface area (Å²) < 4.78 is 11.7. The van der Waals surface area contributed by atoms with Gasteiger partial charge in [-0.2, -0.15) is 0 Å². The van der Waals surface area contributed by atoms with Crippen LogP contribution in [-0.2, 0) is 0 Å². The van der Waals surface area contributed by atoms with Crippen molar-refractivity contribution in [1.29, 1.82) is 0 Å². The van der Waals surface area contributed by atoms with Crippen molar-refractivity contribution in [3.8, 4) is 11.5 Å². The van der Waals surface area contributed by atoms with Crippen LogP contribution >= 0.6 is 11.3 Å². The second kappa shape index (κ2) is 4.64. The minimum Gasteiger partial charge on any atom is -0.495 e. The van der Waals surface area contributed by atoms with Crippen molar-refractivity contribution in [3.05, 3.63) is 29.4 Å². The lowest BCUT2D eigenvalue weighted by Crippen LogP contribution is -1.97. The summed E-state index contributed by atoms with van der Waals surface area (Å²) in [4.78, 5) is 15.5. The first-order chi connectivity index (χ1) is 9.69. The number of methoxy groups -OCH3 is 2. The molecule has 1 N–H and O–H groups in total. The normalized spacial score (nSPS) is 10.9. The van der Waals surface area contributed by atoms with Crippen molar-refractivity contribution in [2.24, 2.45) is 0 Å². The second-order valence-corrected chi connectivity index (χ2v) is 5.03. The van der Waals surface area contributed by atoms with Gasteiger partial charge in [0.15, 0.2) is 0 Å². The molecule has 2 heterocycles. The molecule has 0 aliphatic rings. The van der Waals surface area contributed by atoms with Gasteiger partial charge >= 0.3 is 5.97 Å². The predicted molar refractivity (Wildman–Crippen MR) is 77.2 cm³/mol. The van der Waals surface area contributed by atoms with Crippen molar-refractivity contribution < 1.29 is 19.4 Å². The molecule has 0 amide bonds. The Balaban J connectivity index is 2.60. The largest absolute Gasteiger partial charge is 0.495 e. The van der Waals surface area contributed by atoms with E-state index in [0.717, 1.165) is 15.5 Å². The predicted octanol–water partition coefficient (Wildman–Crippen LogP) is 3.16. The molecule has 3 aromatic rings. The highest BCUT2D eigenvalue weighted by Gasteiger charge is 2.22. The van der Waals surface area contributed by atoms with Crippen LogP contribution in [0.2, 0.25) is 0 Å². The van der Waals surface area contributed by atoms with E-state index in [9.17, 15) is 9.90 Å². The second-order valence-electron chi connectivity index (χ2n) is 4.15. The Labute approximate surface area is 118 Å². The Morgan fingerprint density at radius 2 is 2.00 bits per heavy atom. The van der Waals surface area contributed by atoms with E-state index >= 15 is 0 Å². The van der Waals surface area contributed by atoms with Gasteiger partial charge < -0.3 is 14.6 Å². The molecule has 0 fully saturated rings. The van der Waals surface area contributed by atoms with Gasteiger partial charge in [-0.25, -0.2) is 4.79 Å². The summed E-state index contributed by atoms with van der Waals surface area (Å²) in [5.74, 6) is 0.179. The van der Waals surface area contributed by atoms with E-state index in [1.165, 1.54) is 18.4 Å². The average Bonchev–Trinajstić information content (AvgIpc) is 2.89. The third-order valence-electron chi connectivity index (χ3n) is 3.17. The molecule has 0 unspecified atom stereocenters. The summed E-state index contributed by atoms with van der Waals surface area (Å²) in [5, 5.41) is 13.1. The standard InChI is InChI=1S/C14H11NO4S/c1-18-11-8-5-15-4-3-7(8)12(19-2)13-10(11)9(6-20-13)14(16)17/h3-6H,1-2H3,(H,16,17). The summed E-state index contributed by atoms with van der Waals surface area (Å²) in [6.07, 6.45) is 3.32. The minimum atomic E-state index is -0.986. The Morgan fingerprint density at radius 3 is 2.65 bits per heavy atom. The van der Waals surface area contributed by atoms with Gasteiger partial charge in [0.1, 0.15) is 11.5 Å². The van der Waals surface area contributed by atoms with E-state index in [1.54, 1.807) is 24.9 Å². The first kappa shape index (κ1) is 12.7. The highest BCUT2D eigenvalue weighted by Crippen LogP contribution is 2.46. The molecule has 0 atom stereocenters. The molecular weight excluding hydrogens is 278 g/mol. The lowest BCUT2D eigenvalue weighted by molar-refractivity contribution is 0.0699. The van der Waals surface area contributed by atoms with E-state index in [0.29, 0.717) is 16.9 Å². The third kappa shape index (κ3) is 1.61. The van der Waals surface area contributed by atoms with Gasteiger partial charge in [0.25, 0.3) is 0 Å². The van der Waals surface area contributed by atoms with Crippen LogP contribution in [0.3, 0.4) is 0 Å².